The molecule has 0 saturated heterocycles. The molecule has 1 atom stereocenters. The van der Waals surface area contributed by atoms with Crippen molar-refractivity contribution >= 4 is 62.3 Å². The molecule has 0 radical (unpaired) electrons. The second-order valence-electron chi connectivity index (χ2n) is 8.76. The summed E-state index contributed by atoms with van der Waals surface area (Å²) in [5.41, 5.74) is 0.782. The van der Waals surface area contributed by atoms with Crippen molar-refractivity contribution in [2.24, 2.45) is 0 Å². The van der Waals surface area contributed by atoms with Gasteiger partial charge in [-0.25, -0.2) is 8.42 Å². The van der Waals surface area contributed by atoms with Gasteiger partial charge < -0.3 is 10.2 Å². The Kier molecular flexibility index (Phi) is 11.1. The summed E-state index contributed by atoms with van der Waals surface area (Å²) in [6.07, 6.45) is 1.04. The first-order chi connectivity index (χ1) is 18.6. The molecule has 3 aromatic rings. The van der Waals surface area contributed by atoms with Gasteiger partial charge in [-0.1, -0.05) is 85.0 Å². The maximum absolute atomic E-state index is 14.0. The molecule has 2 amide bonds. The molecule has 7 nitrogen and oxygen atoms in total. The molecule has 11 heteroatoms. The van der Waals surface area contributed by atoms with Gasteiger partial charge in [-0.05, 0) is 54.8 Å². The van der Waals surface area contributed by atoms with E-state index in [0.717, 1.165) is 16.3 Å². The maximum atomic E-state index is 14.0. The molecule has 3 aromatic carbocycles. The summed E-state index contributed by atoms with van der Waals surface area (Å²) < 4.78 is 28.6. The smallest absolute Gasteiger partial charge is 0.264 e. The standard InChI is InChI=1S/C28H30Cl3N3O4S/c1-3-17-32-28(36)24(4-2)33(18-20-13-15-21(29)16-14-20)26(35)19-34(25-12-8-11-23(30)27(25)31)39(37,38)22-9-6-5-7-10-22/h5-16,24H,3-4,17-19H2,1-2H3,(H,32,36)/t24-/m1/s1. The first-order valence-electron chi connectivity index (χ1n) is 12.4. The molecule has 3 rings (SSSR count). The number of nitrogens with one attached hydrogen (secondary N) is 1. The summed E-state index contributed by atoms with van der Waals surface area (Å²) in [7, 11) is -4.24. The van der Waals surface area contributed by atoms with E-state index >= 15 is 0 Å². The fraction of sp³-hybridized carbons (Fsp3) is 0.286. The third-order valence-electron chi connectivity index (χ3n) is 6.01. The van der Waals surface area contributed by atoms with Gasteiger partial charge in [-0.3, -0.25) is 13.9 Å². The molecule has 0 fully saturated rings. The Morgan fingerprint density at radius 3 is 2.18 bits per heavy atom. The van der Waals surface area contributed by atoms with Crippen molar-refractivity contribution in [1.29, 1.82) is 0 Å². The number of sulfonamides is 1. The molecule has 39 heavy (non-hydrogen) atoms. The fourth-order valence-corrected chi connectivity index (χ4v) is 6.01. The number of halogens is 3. The fourth-order valence-electron chi connectivity index (χ4n) is 3.99. The van der Waals surface area contributed by atoms with Crippen LogP contribution in [0.2, 0.25) is 15.1 Å². The summed E-state index contributed by atoms with van der Waals surface area (Å²) >= 11 is 18.7. The van der Waals surface area contributed by atoms with Crippen molar-refractivity contribution in [2.75, 3.05) is 17.4 Å². The third-order valence-corrected chi connectivity index (χ3v) is 8.85. The van der Waals surface area contributed by atoms with Crippen molar-refractivity contribution in [3.63, 3.8) is 0 Å². The molecule has 0 aliphatic rings. The zero-order valence-electron chi connectivity index (χ0n) is 21.6. The van der Waals surface area contributed by atoms with E-state index in [1.54, 1.807) is 55.5 Å². The van der Waals surface area contributed by atoms with Gasteiger partial charge in [0.15, 0.2) is 0 Å². The summed E-state index contributed by atoms with van der Waals surface area (Å²) in [5.74, 6) is -0.904. The zero-order chi connectivity index (χ0) is 28.6. The SMILES string of the molecule is CCCNC(=O)[C@@H](CC)N(Cc1ccc(Cl)cc1)C(=O)CN(c1cccc(Cl)c1Cl)S(=O)(=O)c1ccccc1. The van der Waals surface area contributed by atoms with Crippen LogP contribution in [-0.2, 0) is 26.2 Å². The summed E-state index contributed by atoms with van der Waals surface area (Å²) in [6, 6.07) is 18.4. The molecule has 0 unspecified atom stereocenters. The van der Waals surface area contributed by atoms with Crippen molar-refractivity contribution in [2.45, 2.75) is 44.2 Å². The quantitative estimate of drug-likeness (QED) is 0.266. The number of carbonyl (C=O) groups excluding carboxylic acids is 2. The highest BCUT2D eigenvalue weighted by molar-refractivity contribution is 7.92. The number of amides is 2. The number of hydrogen-bond donors (Lipinski definition) is 1. The number of anilines is 1. The van der Waals surface area contributed by atoms with E-state index in [1.807, 2.05) is 6.92 Å². The maximum Gasteiger partial charge on any atom is 0.264 e. The third kappa shape index (κ3) is 7.66. The second kappa shape index (κ2) is 14.0. The topological polar surface area (TPSA) is 86.8 Å². The Hall–Kier alpha value is -2.78. The first-order valence-corrected chi connectivity index (χ1v) is 15.0. The van der Waals surface area contributed by atoms with Crippen LogP contribution < -0.4 is 9.62 Å². The van der Waals surface area contributed by atoms with E-state index in [0.29, 0.717) is 18.0 Å². The van der Waals surface area contributed by atoms with E-state index in [1.165, 1.54) is 29.2 Å². The Morgan fingerprint density at radius 1 is 0.897 bits per heavy atom. The normalized spacial score (nSPS) is 12.0. The average molecular weight is 611 g/mol. The van der Waals surface area contributed by atoms with Crippen LogP contribution in [0.15, 0.2) is 77.7 Å². The lowest BCUT2D eigenvalue weighted by Crippen LogP contribution is -2.52. The molecule has 0 aliphatic heterocycles. The predicted molar refractivity (Wildman–Crippen MR) is 157 cm³/mol. The molecular formula is C28H30Cl3N3O4S. The highest BCUT2D eigenvalue weighted by atomic mass is 35.5. The van der Waals surface area contributed by atoms with Gasteiger partial charge in [-0.2, -0.15) is 0 Å². The minimum atomic E-state index is -4.24. The lowest BCUT2D eigenvalue weighted by atomic mass is 10.1. The van der Waals surface area contributed by atoms with E-state index in [4.69, 9.17) is 34.8 Å². The van der Waals surface area contributed by atoms with Gasteiger partial charge in [0, 0.05) is 18.1 Å². The van der Waals surface area contributed by atoms with Crippen molar-refractivity contribution < 1.29 is 18.0 Å². The molecule has 208 valence electrons. The van der Waals surface area contributed by atoms with Crippen molar-refractivity contribution in [3.05, 3.63) is 93.4 Å². The largest absolute Gasteiger partial charge is 0.354 e. The highest BCUT2D eigenvalue weighted by Gasteiger charge is 2.34. The van der Waals surface area contributed by atoms with E-state index < -0.39 is 28.5 Å². The van der Waals surface area contributed by atoms with Gasteiger partial charge in [0.05, 0.1) is 20.6 Å². The van der Waals surface area contributed by atoms with Gasteiger partial charge in [-0.15, -0.1) is 0 Å². The summed E-state index contributed by atoms with van der Waals surface area (Å²) in [5, 5.41) is 3.50. The number of rotatable bonds is 12. The predicted octanol–water partition coefficient (Wildman–Crippen LogP) is 6.18. The number of hydrogen-bond acceptors (Lipinski definition) is 4. The van der Waals surface area contributed by atoms with Gasteiger partial charge >= 0.3 is 0 Å². The molecule has 0 saturated carbocycles. The van der Waals surface area contributed by atoms with Gasteiger partial charge in [0.1, 0.15) is 12.6 Å². The van der Waals surface area contributed by atoms with E-state index in [2.05, 4.69) is 5.32 Å². The second-order valence-corrected chi connectivity index (χ2v) is 11.8. The molecule has 0 bridgehead atoms. The van der Waals surface area contributed by atoms with Crippen LogP contribution in [0.3, 0.4) is 0 Å². The minimum Gasteiger partial charge on any atom is -0.354 e. The lowest BCUT2D eigenvalue weighted by Gasteiger charge is -2.33. The van der Waals surface area contributed by atoms with Crippen molar-refractivity contribution in [3.8, 4) is 0 Å². The van der Waals surface area contributed by atoms with Crippen LogP contribution in [0.4, 0.5) is 5.69 Å². The van der Waals surface area contributed by atoms with Crippen LogP contribution in [-0.4, -0.2) is 44.3 Å². The Morgan fingerprint density at radius 2 is 1.56 bits per heavy atom. The Labute approximate surface area is 244 Å². The highest BCUT2D eigenvalue weighted by Crippen LogP contribution is 2.35. The molecule has 0 heterocycles. The number of benzene rings is 3. The van der Waals surface area contributed by atoms with Gasteiger partial charge in [0.25, 0.3) is 10.0 Å². The molecule has 1 N–H and O–H groups in total. The number of carbonyl (C=O) groups is 2. The molecule has 0 aliphatic carbocycles. The summed E-state index contributed by atoms with van der Waals surface area (Å²) in [6.45, 7) is 3.63. The van der Waals surface area contributed by atoms with Crippen LogP contribution in [0, 0.1) is 0 Å². The molecule has 0 spiro atoms. The number of nitrogens with zero attached hydrogens (tertiary/aromatic N) is 2. The van der Waals surface area contributed by atoms with Crippen LogP contribution in [0.25, 0.3) is 0 Å². The zero-order valence-corrected chi connectivity index (χ0v) is 24.7. The van der Waals surface area contributed by atoms with E-state index in [-0.39, 0.29) is 33.1 Å². The average Bonchev–Trinajstić information content (AvgIpc) is 2.93. The van der Waals surface area contributed by atoms with Crippen LogP contribution >= 0.6 is 34.8 Å². The van der Waals surface area contributed by atoms with E-state index in [9.17, 15) is 18.0 Å². The lowest BCUT2D eigenvalue weighted by molar-refractivity contribution is -0.140. The van der Waals surface area contributed by atoms with Crippen LogP contribution in [0.5, 0.6) is 0 Å². The molecular weight excluding hydrogens is 581 g/mol. The Balaban J connectivity index is 2.08. The summed E-state index contributed by atoms with van der Waals surface area (Å²) in [4.78, 5) is 28.5. The first kappa shape index (κ1) is 30.8. The monoisotopic (exact) mass is 609 g/mol. The van der Waals surface area contributed by atoms with Gasteiger partial charge in [0.2, 0.25) is 11.8 Å². The Bertz CT molecular complexity index is 1390. The van der Waals surface area contributed by atoms with Crippen molar-refractivity contribution in [1.82, 2.24) is 10.2 Å². The minimum absolute atomic E-state index is 0.0107. The van der Waals surface area contributed by atoms with Crippen LogP contribution in [0.1, 0.15) is 32.3 Å². The molecule has 0 aromatic heterocycles.